The summed E-state index contributed by atoms with van der Waals surface area (Å²) in [5.74, 6) is -1.78. The molecule has 1 saturated carbocycles. The van der Waals surface area contributed by atoms with E-state index in [1.807, 2.05) is 6.92 Å². The lowest BCUT2D eigenvalue weighted by Gasteiger charge is -2.29. The van der Waals surface area contributed by atoms with Crippen molar-refractivity contribution in [3.8, 4) is 0 Å². The summed E-state index contributed by atoms with van der Waals surface area (Å²) in [4.78, 5) is 29.8. The van der Waals surface area contributed by atoms with E-state index in [-0.39, 0.29) is 41.7 Å². The smallest absolute Gasteiger partial charge is 0.411 e. The number of nitrogens with one attached hydrogen (secondary N) is 1. The van der Waals surface area contributed by atoms with Crippen LogP contribution >= 0.6 is 0 Å². The fourth-order valence-corrected chi connectivity index (χ4v) is 6.24. The topological polar surface area (TPSA) is 151 Å². The predicted molar refractivity (Wildman–Crippen MR) is 122 cm³/mol. The molecule has 1 aliphatic heterocycles. The van der Waals surface area contributed by atoms with Crippen molar-refractivity contribution >= 4 is 28.0 Å². The molecule has 1 heterocycles. The molecule has 2 aliphatic rings. The van der Waals surface area contributed by atoms with Gasteiger partial charge in [-0.1, -0.05) is 17.7 Å². The molecule has 4 N–H and O–H groups in total. The molecule has 182 valence electrons. The van der Waals surface area contributed by atoms with Gasteiger partial charge >= 0.3 is 12.1 Å². The van der Waals surface area contributed by atoms with E-state index in [1.54, 1.807) is 46.8 Å². The maximum absolute atomic E-state index is 12.8. The number of nitrogens with zero attached hydrogens (tertiary/aromatic N) is 2. The molecule has 33 heavy (non-hydrogen) atoms. The Morgan fingerprint density at radius 1 is 1.24 bits per heavy atom. The first-order chi connectivity index (χ1) is 15.1. The molecule has 0 aromatic heterocycles. The van der Waals surface area contributed by atoms with Crippen LogP contribution in [0.2, 0.25) is 0 Å². The summed E-state index contributed by atoms with van der Waals surface area (Å²) in [5.41, 5.74) is 7.30. The Bertz CT molecular complexity index is 1090. The minimum Gasteiger partial charge on any atom is -0.480 e. The number of amides is 1. The van der Waals surface area contributed by atoms with Gasteiger partial charge < -0.3 is 15.6 Å². The first-order valence-electron chi connectivity index (χ1n) is 10.8. The van der Waals surface area contributed by atoms with Gasteiger partial charge in [-0.25, -0.2) is 22.7 Å². The van der Waals surface area contributed by atoms with Crippen molar-refractivity contribution in [1.82, 2.24) is 9.62 Å². The number of carboxylic acids is 1. The third-order valence-corrected chi connectivity index (χ3v) is 7.63. The number of hydrogen-bond acceptors (Lipinski definition) is 6. The molecule has 1 amide bonds. The lowest BCUT2D eigenvalue weighted by Crippen LogP contribution is -2.46. The molecule has 1 aromatic rings. The average molecular weight is 481 g/mol. The summed E-state index contributed by atoms with van der Waals surface area (Å²) in [6.07, 6.45) is -0.652. The molecule has 1 aliphatic carbocycles. The molecule has 11 heteroatoms. The van der Waals surface area contributed by atoms with Gasteiger partial charge in [-0.3, -0.25) is 9.89 Å². The van der Waals surface area contributed by atoms with Gasteiger partial charge in [0, 0.05) is 13.1 Å². The molecule has 1 saturated heterocycles. The number of carbonyl (C=O) groups excluding carboxylic acids is 1. The van der Waals surface area contributed by atoms with Crippen LogP contribution in [0.4, 0.5) is 4.79 Å². The van der Waals surface area contributed by atoms with Gasteiger partial charge in [-0.2, -0.15) is 0 Å². The Morgan fingerprint density at radius 2 is 1.82 bits per heavy atom. The number of hydrogen-bond donors (Lipinski definition) is 3. The van der Waals surface area contributed by atoms with E-state index in [0.717, 1.165) is 5.56 Å². The van der Waals surface area contributed by atoms with Gasteiger partial charge in [-0.05, 0) is 70.4 Å². The van der Waals surface area contributed by atoms with Crippen LogP contribution in [0.3, 0.4) is 0 Å². The summed E-state index contributed by atoms with van der Waals surface area (Å²) in [5, 5.41) is 9.67. The van der Waals surface area contributed by atoms with Crippen LogP contribution in [-0.2, 0) is 19.6 Å². The van der Waals surface area contributed by atoms with Crippen molar-refractivity contribution in [2.75, 3.05) is 13.1 Å². The van der Waals surface area contributed by atoms with Crippen molar-refractivity contribution in [3.05, 3.63) is 28.8 Å². The summed E-state index contributed by atoms with van der Waals surface area (Å²) in [6, 6.07) is 2.56. The highest BCUT2D eigenvalue weighted by atomic mass is 32.2. The van der Waals surface area contributed by atoms with Crippen LogP contribution in [-0.4, -0.2) is 61.2 Å². The summed E-state index contributed by atoms with van der Waals surface area (Å²) < 4.78 is 33.3. The number of fused-ring (bicyclic) bond motifs is 1. The van der Waals surface area contributed by atoms with E-state index in [2.05, 4.69) is 9.71 Å². The molecule has 4 atom stereocenters. The van der Waals surface area contributed by atoms with Gasteiger partial charge in [0.1, 0.15) is 11.6 Å². The van der Waals surface area contributed by atoms with Crippen LogP contribution in [0.1, 0.15) is 37.5 Å². The lowest BCUT2D eigenvalue weighted by atomic mass is 10.1. The van der Waals surface area contributed by atoms with Crippen LogP contribution in [0.25, 0.3) is 0 Å². The van der Waals surface area contributed by atoms with Gasteiger partial charge in [0.15, 0.2) is 0 Å². The Hall–Kier alpha value is -2.82. The third-order valence-electron chi connectivity index (χ3n) is 5.97. The Morgan fingerprint density at radius 3 is 2.33 bits per heavy atom. The predicted octanol–water partition coefficient (Wildman–Crippen LogP) is 1.77. The number of sulfonamides is 1. The molecule has 10 nitrogen and oxygen atoms in total. The Labute approximate surface area is 194 Å². The number of piperidine rings is 1. The zero-order chi connectivity index (χ0) is 24.9. The average Bonchev–Trinajstić information content (AvgIpc) is 3.11. The van der Waals surface area contributed by atoms with E-state index in [1.165, 1.54) is 4.90 Å². The Balaban J connectivity index is 1.66. The molecule has 0 radical (unpaired) electrons. The number of aryl methyl sites for hydroxylation is 3. The second kappa shape index (κ2) is 8.51. The maximum atomic E-state index is 12.8. The molecule has 0 bridgehead atoms. The molecule has 1 aromatic carbocycles. The summed E-state index contributed by atoms with van der Waals surface area (Å²) >= 11 is 0. The van der Waals surface area contributed by atoms with Crippen molar-refractivity contribution in [2.24, 2.45) is 28.5 Å². The normalized spacial score (nSPS) is 24.9. The summed E-state index contributed by atoms with van der Waals surface area (Å²) in [6.45, 7) is 10.9. The van der Waals surface area contributed by atoms with Gasteiger partial charge in [0.05, 0.1) is 4.90 Å². The molecule has 0 spiro atoms. The van der Waals surface area contributed by atoms with Crippen molar-refractivity contribution in [2.45, 2.75) is 58.1 Å². The number of benzene rings is 1. The zero-order valence-corrected chi connectivity index (χ0v) is 20.6. The highest BCUT2D eigenvalue weighted by Gasteiger charge is 2.65. The number of aliphatic carboxylic acids is 1. The fraction of sp³-hybridized carbons (Fsp3) is 0.591. The number of carbonyl (C=O) groups is 2. The monoisotopic (exact) mass is 480 g/mol. The number of likely N-dealkylation sites (tertiary alicyclic amines) is 1. The van der Waals surface area contributed by atoms with Crippen molar-refractivity contribution in [3.63, 3.8) is 0 Å². The first kappa shape index (κ1) is 24.8. The molecule has 3 rings (SSSR count). The first-order valence-corrected chi connectivity index (χ1v) is 12.2. The van der Waals surface area contributed by atoms with Gasteiger partial charge in [0.2, 0.25) is 5.96 Å². The number of aliphatic imine (C=N–C) groups is 1. The van der Waals surface area contributed by atoms with Crippen LogP contribution in [0.15, 0.2) is 22.0 Å². The van der Waals surface area contributed by atoms with Gasteiger partial charge in [-0.15, -0.1) is 0 Å². The molecule has 0 unspecified atom stereocenters. The van der Waals surface area contributed by atoms with Crippen molar-refractivity contribution in [1.29, 1.82) is 0 Å². The quantitative estimate of drug-likeness (QED) is 0.429. The fourth-order valence-electron chi connectivity index (χ4n) is 4.83. The number of carboxylic acid groups (broad SMARTS) is 1. The number of rotatable bonds is 5. The Kier molecular flexibility index (Phi) is 6.40. The standard InChI is InChI=1S/C22H32N4O6S/c1-11-7-12(2)18(13(3)8-11)33(30,31)25-20(23)24-9-14-15-10-26(17(16(14)15)19(27)28)21(29)32-22(4,5)6/h7-8,14-17H,9-10H2,1-6H3,(H,27,28)(H3,23,24,25)/t14-,15-,16+,17+/m1/s1. The van der Waals surface area contributed by atoms with Gasteiger partial charge in [0.25, 0.3) is 10.0 Å². The van der Waals surface area contributed by atoms with Crippen molar-refractivity contribution < 1.29 is 27.9 Å². The van der Waals surface area contributed by atoms with E-state index in [0.29, 0.717) is 11.1 Å². The number of guanidine groups is 1. The van der Waals surface area contributed by atoms with E-state index >= 15 is 0 Å². The van der Waals surface area contributed by atoms with E-state index in [4.69, 9.17) is 10.5 Å². The molecular formula is C22H32N4O6S. The SMILES string of the molecule is Cc1cc(C)c(S(=O)(=O)NC(N)=NC[C@@H]2[C@H]3CN(C(=O)OC(C)(C)C)[C@H](C(=O)O)[C@@H]23)c(C)c1. The zero-order valence-electron chi connectivity index (χ0n) is 19.7. The lowest BCUT2D eigenvalue weighted by molar-refractivity contribution is -0.143. The largest absolute Gasteiger partial charge is 0.480 e. The highest BCUT2D eigenvalue weighted by molar-refractivity contribution is 7.90. The number of ether oxygens (including phenoxy) is 1. The summed E-state index contributed by atoms with van der Waals surface area (Å²) in [7, 11) is -3.91. The maximum Gasteiger partial charge on any atom is 0.411 e. The number of nitrogens with two attached hydrogens (primary N) is 1. The van der Waals surface area contributed by atoms with Crippen LogP contribution in [0.5, 0.6) is 0 Å². The minimum atomic E-state index is -3.91. The second-order valence-electron chi connectivity index (χ2n) is 9.88. The minimum absolute atomic E-state index is 0.0478. The van der Waals surface area contributed by atoms with Crippen LogP contribution in [0, 0.1) is 38.5 Å². The van der Waals surface area contributed by atoms with Crippen LogP contribution < -0.4 is 10.5 Å². The van der Waals surface area contributed by atoms with E-state index in [9.17, 15) is 23.1 Å². The third kappa shape index (κ3) is 5.23. The highest BCUT2D eigenvalue weighted by Crippen LogP contribution is 2.55. The molecule has 2 fully saturated rings. The molecular weight excluding hydrogens is 448 g/mol. The second-order valence-corrected chi connectivity index (χ2v) is 11.5. The van der Waals surface area contributed by atoms with E-state index < -0.39 is 33.7 Å².